The Kier molecular flexibility index (Phi) is 8.65. The summed E-state index contributed by atoms with van der Waals surface area (Å²) >= 11 is 0. The monoisotopic (exact) mass is 458 g/mol. The Hall–Kier alpha value is -3.13. The molecule has 33 heavy (non-hydrogen) atoms. The SMILES string of the molecule is CCOc1cc(NC(=O)C2CCC(OC)CC2)c(OCC)cc1NC(=O)c1cccc(F)c1. The number of halogens is 1. The van der Waals surface area contributed by atoms with Crippen LogP contribution in [-0.4, -0.2) is 38.2 Å². The molecule has 8 heteroatoms. The topological polar surface area (TPSA) is 85.9 Å². The number of rotatable bonds is 9. The van der Waals surface area contributed by atoms with Crippen molar-refractivity contribution >= 4 is 23.2 Å². The van der Waals surface area contributed by atoms with Crippen LogP contribution in [0.2, 0.25) is 0 Å². The molecule has 0 bridgehead atoms. The fourth-order valence-corrected chi connectivity index (χ4v) is 3.92. The van der Waals surface area contributed by atoms with Crippen molar-refractivity contribution in [2.75, 3.05) is 31.0 Å². The van der Waals surface area contributed by atoms with Gasteiger partial charge in [-0.25, -0.2) is 4.39 Å². The molecule has 2 amide bonds. The summed E-state index contributed by atoms with van der Waals surface area (Å²) in [6.45, 7) is 4.37. The lowest BCUT2D eigenvalue weighted by atomic mass is 9.86. The number of amides is 2. The van der Waals surface area contributed by atoms with Crippen LogP contribution in [0.4, 0.5) is 15.8 Å². The van der Waals surface area contributed by atoms with E-state index in [1.807, 2.05) is 13.8 Å². The normalized spacial score (nSPS) is 17.8. The summed E-state index contributed by atoms with van der Waals surface area (Å²) < 4.78 is 30.4. The minimum absolute atomic E-state index is 0.0792. The molecule has 2 aromatic rings. The summed E-state index contributed by atoms with van der Waals surface area (Å²) in [4.78, 5) is 25.6. The molecule has 0 atom stereocenters. The number of carbonyl (C=O) groups excluding carboxylic acids is 2. The van der Waals surface area contributed by atoms with E-state index in [1.165, 1.54) is 18.2 Å². The van der Waals surface area contributed by atoms with Gasteiger partial charge in [-0.1, -0.05) is 6.07 Å². The van der Waals surface area contributed by atoms with Crippen molar-refractivity contribution < 1.29 is 28.2 Å². The summed E-state index contributed by atoms with van der Waals surface area (Å²) in [5, 5.41) is 5.73. The van der Waals surface area contributed by atoms with E-state index in [4.69, 9.17) is 14.2 Å². The van der Waals surface area contributed by atoms with Crippen molar-refractivity contribution in [2.45, 2.75) is 45.6 Å². The predicted octanol–water partition coefficient (Wildman–Crippen LogP) is 5.02. The molecule has 1 aliphatic carbocycles. The van der Waals surface area contributed by atoms with Crippen LogP contribution < -0.4 is 20.1 Å². The number of benzene rings is 2. The fraction of sp³-hybridized carbons (Fsp3) is 0.440. The van der Waals surface area contributed by atoms with Crippen LogP contribution in [-0.2, 0) is 9.53 Å². The Labute approximate surface area is 193 Å². The van der Waals surface area contributed by atoms with E-state index in [1.54, 1.807) is 19.2 Å². The maximum absolute atomic E-state index is 13.5. The summed E-state index contributed by atoms with van der Waals surface area (Å²) in [6.07, 6.45) is 3.42. The highest BCUT2D eigenvalue weighted by atomic mass is 19.1. The van der Waals surface area contributed by atoms with Gasteiger partial charge in [0.1, 0.15) is 17.3 Å². The van der Waals surface area contributed by atoms with Gasteiger partial charge in [0.15, 0.2) is 0 Å². The zero-order valence-corrected chi connectivity index (χ0v) is 19.3. The number of ether oxygens (including phenoxy) is 3. The van der Waals surface area contributed by atoms with Crippen LogP contribution >= 0.6 is 0 Å². The van der Waals surface area contributed by atoms with E-state index < -0.39 is 11.7 Å². The van der Waals surface area contributed by atoms with Gasteiger partial charge in [-0.15, -0.1) is 0 Å². The molecule has 3 rings (SSSR count). The van der Waals surface area contributed by atoms with Crippen LogP contribution in [0, 0.1) is 11.7 Å². The summed E-state index contributed by atoms with van der Waals surface area (Å²) in [5.74, 6) is -0.373. The number of nitrogens with one attached hydrogen (secondary N) is 2. The van der Waals surface area contributed by atoms with Crippen LogP contribution in [0.1, 0.15) is 49.9 Å². The van der Waals surface area contributed by atoms with Gasteiger partial charge in [-0.3, -0.25) is 9.59 Å². The lowest BCUT2D eigenvalue weighted by molar-refractivity contribution is -0.121. The molecule has 0 aromatic heterocycles. The predicted molar refractivity (Wildman–Crippen MR) is 125 cm³/mol. The molecule has 0 unspecified atom stereocenters. The highest BCUT2D eigenvalue weighted by molar-refractivity contribution is 6.05. The van der Waals surface area contributed by atoms with Crippen molar-refractivity contribution in [1.29, 1.82) is 0 Å². The van der Waals surface area contributed by atoms with E-state index >= 15 is 0 Å². The number of hydrogen-bond donors (Lipinski definition) is 2. The van der Waals surface area contributed by atoms with Crippen molar-refractivity contribution in [2.24, 2.45) is 5.92 Å². The molecule has 1 aliphatic rings. The maximum atomic E-state index is 13.5. The Morgan fingerprint density at radius 1 is 0.939 bits per heavy atom. The molecular weight excluding hydrogens is 427 g/mol. The smallest absolute Gasteiger partial charge is 0.255 e. The molecule has 7 nitrogen and oxygen atoms in total. The fourth-order valence-electron chi connectivity index (χ4n) is 3.92. The molecule has 0 heterocycles. The zero-order valence-electron chi connectivity index (χ0n) is 19.3. The van der Waals surface area contributed by atoms with Crippen LogP contribution in [0.25, 0.3) is 0 Å². The van der Waals surface area contributed by atoms with Crippen molar-refractivity contribution in [1.82, 2.24) is 0 Å². The van der Waals surface area contributed by atoms with Crippen LogP contribution in [0.15, 0.2) is 36.4 Å². The molecule has 1 fully saturated rings. The van der Waals surface area contributed by atoms with Gasteiger partial charge >= 0.3 is 0 Å². The van der Waals surface area contributed by atoms with Crippen molar-refractivity contribution in [3.8, 4) is 11.5 Å². The quantitative estimate of drug-likeness (QED) is 0.551. The average Bonchev–Trinajstić information content (AvgIpc) is 2.82. The maximum Gasteiger partial charge on any atom is 0.255 e. The minimum Gasteiger partial charge on any atom is -0.492 e. The second kappa shape index (κ2) is 11.7. The summed E-state index contributed by atoms with van der Waals surface area (Å²) in [6, 6.07) is 8.69. The van der Waals surface area contributed by atoms with Crippen LogP contribution in [0.5, 0.6) is 11.5 Å². The number of methoxy groups -OCH3 is 1. The van der Waals surface area contributed by atoms with Crippen molar-refractivity contribution in [3.63, 3.8) is 0 Å². The van der Waals surface area contributed by atoms with Gasteiger partial charge in [0.2, 0.25) is 5.91 Å². The van der Waals surface area contributed by atoms with E-state index in [2.05, 4.69) is 10.6 Å². The first-order chi connectivity index (χ1) is 15.9. The Bertz CT molecular complexity index is 973. The zero-order chi connectivity index (χ0) is 23.8. The van der Waals surface area contributed by atoms with E-state index in [0.717, 1.165) is 31.7 Å². The Morgan fingerprint density at radius 2 is 1.55 bits per heavy atom. The van der Waals surface area contributed by atoms with E-state index in [-0.39, 0.29) is 23.5 Å². The molecule has 0 spiro atoms. The molecule has 0 radical (unpaired) electrons. The van der Waals surface area contributed by atoms with Gasteiger partial charge in [-0.2, -0.15) is 0 Å². The standard InChI is InChI=1S/C25H31FN2O5/c1-4-32-22-15-21(28-25(30)17-7-6-8-18(26)13-17)23(33-5-2)14-20(22)27-24(29)16-9-11-19(31-3)12-10-16/h6-8,13-16,19H,4-5,9-12H2,1-3H3,(H,27,29)(H,28,30). The molecule has 178 valence electrons. The molecule has 2 aromatic carbocycles. The summed E-state index contributed by atoms with van der Waals surface area (Å²) in [7, 11) is 1.70. The summed E-state index contributed by atoms with van der Waals surface area (Å²) in [5.41, 5.74) is 1.02. The Balaban J connectivity index is 1.83. The minimum atomic E-state index is -0.500. The van der Waals surface area contributed by atoms with Gasteiger partial charge < -0.3 is 24.8 Å². The molecule has 0 aliphatic heterocycles. The number of carbonyl (C=O) groups is 2. The highest BCUT2D eigenvalue weighted by Crippen LogP contribution is 2.38. The highest BCUT2D eigenvalue weighted by Gasteiger charge is 2.27. The molecule has 0 saturated heterocycles. The molecule has 1 saturated carbocycles. The average molecular weight is 459 g/mol. The van der Waals surface area contributed by atoms with E-state index in [0.29, 0.717) is 36.1 Å². The van der Waals surface area contributed by atoms with Gasteiger partial charge in [0, 0.05) is 30.7 Å². The van der Waals surface area contributed by atoms with Gasteiger partial charge in [0.05, 0.1) is 30.7 Å². The Morgan fingerprint density at radius 3 is 2.09 bits per heavy atom. The molecule has 2 N–H and O–H groups in total. The third-order valence-electron chi connectivity index (χ3n) is 5.65. The second-order valence-corrected chi connectivity index (χ2v) is 7.87. The van der Waals surface area contributed by atoms with Crippen molar-refractivity contribution in [3.05, 3.63) is 47.8 Å². The number of hydrogen-bond acceptors (Lipinski definition) is 5. The van der Waals surface area contributed by atoms with Crippen LogP contribution in [0.3, 0.4) is 0 Å². The lowest BCUT2D eigenvalue weighted by Gasteiger charge is -2.27. The van der Waals surface area contributed by atoms with Gasteiger partial charge in [0.25, 0.3) is 5.91 Å². The largest absolute Gasteiger partial charge is 0.492 e. The first-order valence-corrected chi connectivity index (χ1v) is 11.3. The third-order valence-corrected chi connectivity index (χ3v) is 5.65. The third kappa shape index (κ3) is 6.44. The van der Waals surface area contributed by atoms with Gasteiger partial charge in [-0.05, 0) is 57.7 Å². The second-order valence-electron chi connectivity index (χ2n) is 7.87. The first-order valence-electron chi connectivity index (χ1n) is 11.3. The lowest BCUT2D eigenvalue weighted by Crippen LogP contribution is -2.29. The molecular formula is C25H31FN2O5. The first kappa shape index (κ1) is 24.5. The number of anilines is 2. The van der Waals surface area contributed by atoms with E-state index in [9.17, 15) is 14.0 Å².